The lowest BCUT2D eigenvalue weighted by Crippen LogP contribution is -2.18. The van der Waals surface area contributed by atoms with Gasteiger partial charge in [-0.05, 0) is 30.7 Å². The van der Waals surface area contributed by atoms with E-state index in [1.54, 1.807) is 32.2 Å². The number of aryl methyl sites for hydroxylation is 1. The number of carboxylic acids is 1. The van der Waals surface area contributed by atoms with Gasteiger partial charge in [-0.3, -0.25) is 14.4 Å². The minimum atomic E-state index is -1.01. The summed E-state index contributed by atoms with van der Waals surface area (Å²) in [5.41, 5.74) is 1.82. The number of hydrogen-bond donors (Lipinski definition) is 3. The van der Waals surface area contributed by atoms with Crippen LogP contribution in [-0.4, -0.2) is 29.9 Å². The van der Waals surface area contributed by atoms with Crippen LogP contribution in [0.3, 0.4) is 0 Å². The van der Waals surface area contributed by atoms with E-state index >= 15 is 0 Å². The Morgan fingerprint density at radius 1 is 1.21 bits per heavy atom. The highest BCUT2D eigenvalue weighted by Crippen LogP contribution is 2.17. The third kappa shape index (κ3) is 4.42. The van der Waals surface area contributed by atoms with Gasteiger partial charge in [0, 0.05) is 24.7 Å². The maximum absolute atomic E-state index is 11.5. The first-order chi connectivity index (χ1) is 8.93. The Kier molecular flexibility index (Phi) is 5.05. The highest BCUT2D eigenvalue weighted by Gasteiger charge is 2.09. The third-order valence-electron chi connectivity index (χ3n) is 2.56. The molecule has 2 amide bonds. The Balaban J connectivity index is 2.72. The van der Waals surface area contributed by atoms with Gasteiger partial charge in [0.2, 0.25) is 5.91 Å². The van der Waals surface area contributed by atoms with Crippen LogP contribution < -0.4 is 10.6 Å². The van der Waals surface area contributed by atoms with Crippen molar-refractivity contribution in [1.82, 2.24) is 5.32 Å². The van der Waals surface area contributed by atoms with E-state index in [1.807, 2.05) is 0 Å². The molecule has 1 aromatic rings. The minimum absolute atomic E-state index is 0.0774. The van der Waals surface area contributed by atoms with Crippen LogP contribution in [0.25, 0.3) is 0 Å². The number of carbonyl (C=O) groups excluding carboxylic acids is 2. The van der Waals surface area contributed by atoms with Crippen molar-refractivity contribution in [2.45, 2.75) is 19.8 Å². The number of benzene rings is 1. The molecule has 0 atom stereocenters. The summed E-state index contributed by atoms with van der Waals surface area (Å²) in [6.45, 7) is 1.76. The number of aliphatic carboxylic acids is 1. The molecule has 0 aromatic heterocycles. The van der Waals surface area contributed by atoms with Gasteiger partial charge in [0.1, 0.15) is 0 Å². The Morgan fingerprint density at radius 2 is 1.89 bits per heavy atom. The molecule has 1 rings (SSSR count). The normalized spacial score (nSPS) is 9.79. The highest BCUT2D eigenvalue weighted by molar-refractivity contribution is 5.96. The zero-order valence-electron chi connectivity index (χ0n) is 10.8. The molecule has 0 bridgehead atoms. The molecule has 0 aliphatic heterocycles. The number of rotatable bonds is 5. The molecule has 3 N–H and O–H groups in total. The zero-order chi connectivity index (χ0) is 14.4. The molecular weight excluding hydrogens is 248 g/mol. The van der Waals surface area contributed by atoms with E-state index in [1.165, 1.54) is 0 Å². The first-order valence-electron chi connectivity index (χ1n) is 5.78. The van der Waals surface area contributed by atoms with Gasteiger partial charge in [-0.1, -0.05) is 0 Å². The zero-order valence-corrected chi connectivity index (χ0v) is 10.8. The van der Waals surface area contributed by atoms with Crippen molar-refractivity contribution < 1.29 is 19.5 Å². The standard InChI is InChI=1S/C13H16N2O4/c1-8-7-9(13(19)14-2)3-4-10(8)15-11(16)5-6-12(17)18/h3-4,7H,5-6H2,1-2H3,(H,14,19)(H,15,16)(H,17,18). The van der Waals surface area contributed by atoms with Gasteiger partial charge in [0.15, 0.2) is 0 Å². The Morgan fingerprint density at radius 3 is 2.42 bits per heavy atom. The molecule has 0 aliphatic rings. The molecule has 102 valence electrons. The van der Waals surface area contributed by atoms with Crippen LogP contribution in [0.15, 0.2) is 18.2 Å². The second kappa shape index (κ2) is 6.53. The summed E-state index contributed by atoms with van der Waals surface area (Å²) in [4.78, 5) is 33.3. The molecule has 0 saturated carbocycles. The van der Waals surface area contributed by atoms with Crippen molar-refractivity contribution in [3.63, 3.8) is 0 Å². The Bertz CT molecular complexity index is 511. The lowest BCUT2D eigenvalue weighted by atomic mass is 10.1. The number of anilines is 1. The first kappa shape index (κ1) is 14.7. The summed E-state index contributed by atoms with van der Waals surface area (Å²) in [5.74, 6) is -1.58. The molecule has 0 spiro atoms. The molecule has 0 radical (unpaired) electrons. The third-order valence-corrected chi connectivity index (χ3v) is 2.56. The number of hydrogen-bond acceptors (Lipinski definition) is 3. The molecule has 0 saturated heterocycles. The topological polar surface area (TPSA) is 95.5 Å². The summed E-state index contributed by atoms with van der Waals surface area (Å²) in [7, 11) is 1.54. The van der Waals surface area contributed by atoms with Crippen molar-refractivity contribution in [2.24, 2.45) is 0 Å². The smallest absolute Gasteiger partial charge is 0.303 e. The van der Waals surface area contributed by atoms with Gasteiger partial charge in [-0.25, -0.2) is 0 Å². The molecule has 19 heavy (non-hydrogen) atoms. The second-order valence-electron chi connectivity index (χ2n) is 4.05. The average molecular weight is 264 g/mol. The fraction of sp³-hybridized carbons (Fsp3) is 0.308. The fourth-order valence-electron chi connectivity index (χ4n) is 1.52. The van der Waals surface area contributed by atoms with Crippen LogP contribution in [0.2, 0.25) is 0 Å². The molecule has 6 heteroatoms. The SMILES string of the molecule is CNC(=O)c1ccc(NC(=O)CCC(=O)O)c(C)c1. The van der Waals surface area contributed by atoms with Crippen molar-refractivity contribution in [2.75, 3.05) is 12.4 Å². The van der Waals surface area contributed by atoms with Gasteiger partial charge in [0.05, 0.1) is 6.42 Å². The quantitative estimate of drug-likeness (QED) is 0.743. The Hall–Kier alpha value is -2.37. The van der Waals surface area contributed by atoms with Crippen molar-refractivity contribution in [1.29, 1.82) is 0 Å². The summed E-state index contributed by atoms with van der Waals surface area (Å²) in [5, 5.41) is 13.6. The van der Waals surface area contributed by atoms with Gasteiger partial charge in [-0.15, -0.1) is 0 Å². The van der Waals surface area contributed by atoms with Crippen LogP contribution >= 0.6 is 0 Å². The molecule has 0 heterocycles. The largest absolute Gasteiger partial charge is 0.481 e. The van der Waals surface area contributed by atoms with Crippen LogP contribution in [-0.2, 0) is 9.59 Å². The number of amides is 2. The maximum Gasteiger partial charge on any atom is 0.303 e. The lowest BCUT2D eigenvalue weighted by Gasteiger charge is -2.09. The average Bonchev–Trinajstić information content (AvgIpc) is 2.37. The molecule has 6 nitrogen and oxygen atoms in total. The van der Waals surface area contributed by atoms with Crippen molar-refractivity contribution in [3.05, 3.63) is 29.3 Å². The molecule has 1 aromatic carbocycles. The molecule has 0 fully saturated rings. The van der Waals surface area contributed by atoms with E-state index in [0.29, 0.717) is 11.3 Å². The molecular formula is C13H16N2O4. The second-order valence-corrected chi connectivity index (χ2v) is 4.05. The van der Waals surface area contributed by atoms with E-state index in [4.69, 9.17) is 5.11 Å². The van der Waals surface area contributed by atoms with Gasteiger partial charge in [0.25, 0.3) is 5.91 Å². The molecule has 0 aliphatic carbocycles. The van der Waals surface area contributed by atoms with E-state index in [0.717, 1.165) is 5.56 Å². The fourth-order valence-corrected chi connectivity index (χ4v) is 1.52. The van der Waals surface area contributed by atoms with Crippen molar-refractivity contribution >= 4 is 23.5 Å². The highest BCUT2D eigenvalue weighted by atomic mass is 16.4. The summed E-state index contributed by atoms with van der Waals surface area (Å²) in [6.07, 6.45) is -0.285. The minimum Gasteiger partial charge on any atom is -0.481 e. The Labute approximate surface area is 110 Å². The van der Waals surface area contributed by atoms with Crippen molar-refractivity contribution in [3.8, 4) is 0 Å². The predicted molar refractivity (Wildman–Crippen MR) is 70.1 cm³/mol. The number of nitrogens with one attached hydrogen (secondary N) is 2. The number of carboxylic acid groups (broad SMARTS) is 1. The van der Waals surface area contributed by atoms with Crippen LogP contribution in [0.4, 0.5) is 5.69 Å². The van der Waals surface area contributed by atoms with E-state index in [-0.39, 0.29) is 24.7 Å². The summed E-state index contributed by atoms with van der Waals surface area (Å²) < 4.78 is 0. The lowest BCUT2D eigenvalue weighted by molar-refractivity contribution is -0.138. The van der Waals surface area contributed by atoms with E-state index in [2.05, 4.69) is 10.6 Å². The van der Waals surface area contributed by atoms with Crippen LogP contribution in [0.1, 0.15) is 28.8 Å². The first-order valence-corrected chi connectivity index (χ1v) is 5.78. The van der Waals surface area contributed by atoms with Gasteiger partial charge < -0.3 is 15.7 Å². The van der Waals surface area contributed by atoms with E-state index in [9.17, 15) is 14.4 Å². The van der Waals surface area contributed by atoms with Crippen LogP contribution in [0, 0.1) is 6.92 Å². The number of carbonyl (C=O) groups is 3. The van der Waals surface area contributed by atoms with Gasteiger partial charge >= 0.3 is 5.97 Å². The van der Waals surface area contributed by atoms with Gasteiger partial charge in [-0.2, -0.15) is 0 Å². The maximum atomic E-state index is 11.5. The summed E-state index contributed by atoms with van der Waals surface area (Å²) >= 11 is 0. The monoisotopic (exact) mass is 264 g/mol. The van der Waals surface area contributed by atoms with Crippen LogP contribution in [0.5, 0.6) is 0 Å². The predicted octanol–water partition coefficient (Wildman–Crippen LogP) is 1.16. The summed E-state index contributed by atoms with van der Waals surface area (Å²) in [6, 6.07) is 4.88. The van der Waals surface area contributed by atoms with E-state index < -0.39 is 5.97 Å². The molecule has 0 unspecified atom stereocenters.